The first-order chi connectivity index (χ1) is 13.9. The molecular formula is C21H22N6O2. The molecule has 0 saturated carbocycles. The highest BCUT2D eigenvalue weighted by Gasteiger charge is 2.20. The topological polar surface area (TPSA) is 89.1 Å². The number of hydrogen-bond acceptors (Lipinski definition) is 6. The van der Waals surface area contributed by atoms with E-state index in [1.807, 2.05) is 51.2 Å². The van der Waals surface area contributed by atoms with Gasteiger partial charge in [-0.15, -0.1) is 0 Å². The Labute approximate surface area is 168 Å². The van der Waals surface area contributed by atoms with Gasteiger partial charge in [0, 0.05) is 33.9 Å². The Kier molecular flexibility index (Phi) is 4.75. The summed E-state index contributed by atoms with van der Waals surface area (Å²) in [7, 11) is 5.68. The van der Waals surface area contributed by atoms with E-state index >= 15 is 0 Å². The lowest BCUT2D eigenvalue weighted by Gasteiger charge is -2.13. The molecule has 4 aromatic rings. The van der Waals surface area contributed by atoms with E-state index < -0.39 is 0 Å². The van der Waals surface area contributed by atoms with Crippen LogP contribution in [-0.2, 0) is 13.6 Å². The number of aromatic nitrogens is 4. The largest absolute Gasteiger partial charge is 0.463 e. The molecule has 0 unspecified atom stereocenters. The van der Waals surface area contributed by atoms with E-state index in [1.165, 1.54) is 0 Å². The van der Waals surface area contributed by atoms with E-state index in [0.717, 1.165) is 22.5 Å². The molecule has 0 aliphatic heterocycles. The van der Waals surface area contributed by atoms with Crippen LogP contribution in [0.3, 0.4) is 0 Å². The number of fused-ring (bicyclic) bond motifs is 1. The van der Waals surface area contributed by atoms with Crippen molar-refractivity contribution in [2.75, 3.05) is 19.0 Å². The summed E-state index contributed by atoms with van der Waals surface area (Å²) in [6.45, 7) is 2.26. The van der Waals surface area contributed by atoms with Gasteiger partial charge in [-0.1, -0.05) is 0 Å². The first-order valence-corrected chi connectivity index (χ1v) is 9.22. The molecule has 0 aliphatic carbocycles. The van der Waals surface area contributed by atoms with E-state index in [-0.39, 0.29) is 5.91 Å². The summed E-state index contributed by atoms with van der Waals surface area (Å²) in [4.78, 5) is 24.0. The van der Waals surface area contributed by atoms with Gasteiger partial charge < -0.3 is 14.6 Å². The van der Waals surface area contributed by atoms with Crippen LogP contribution in [0.25, 0.3) is 22.5 Å². The van der Waals surface area contributed by atoms with Gasteiger partial charge in [-0.05, 0) is 42.8 Å². The van der Waals surface area contributed by atoms with E-state index in [0.29, 0.717) is 29.2 Å². The Morgan fingerprint density at radius 1 is 1.28 bits per heavy atom. The molecule has 0 fully saturated rings. The maximum atomic E-state index is 13.1. The zero-order valence-corrected chi connectivity index (χ0v) is 16.8. The molecule has 148 valence electrons. The number of carbonyl (C=O) groups is 1. The summed E-state index contributed by atoms with van der Waals surface area (Å²) < 4.78 is 7.16. The van der Waals surface area contributed by atoms with Crippen molar-refractivity contribution >= 4 is 22.8 Å². The second-order valence-corrected chi connectivity index (χ2v) is 7.04. The van der Waals surface area contributed by atoms with Crippen LogP contribution in [0.15, 0.2) is 47.2 Å². The number of furan rings is 1. The number of nitrogens with zero attached hydrogens (tertiary/aromatic N) is 5. The monoisotopic (exact) mass is 390 g/mol. The first-order valence-electron chi connectivity index (χ1n) is 9.22. The Hall–Kier alpha value is -3.68. The summed E-state index contributed by atoms with van der Waals surface area (Å²) >= 11 is 0. The van der Waals surface area contributed by atoms with Crippen LogP contribution >= 0.6 is 0 Å². The van der Waals surface area contributed by atoms with Crippen molar-refractivity contribution in [1.82, 2.24) is 25.1 Å². The Bertz CT molecular complexity index is 1180. The van der Waals surface area contributed by atoms with Gasteiger partial charge in [0.15, 0.2) is 11.4 Å². The molecule has 0 saturated heterocycles. The Morgan fingerprint density at radius 3 is 2.83 bits per heavy atom. The van der Waals surface area contributed by atoms with Gasteiger partial charge in [-0.2, -0.15) is 5.10 Å². The van der Waals surface area contributed by atoms with E-state index in [9.17, 15) is 4.79 Å². The third-order valence-corrected chi connectivity index (χ3v) is 4.71. The van der Waals surface area contributed by atoms with Crippen molar-refractivity contribution in [1.29, 1.82) is 0 Å². The number of rotatable bonds is 5. The van der Waals surface area contributed by atoms with Gasteiger partial charge in [0.1, 0.15) is 11.5 Å². The molecule has 1 N–H and O–H groups in total. The molecular weight excluding hydrogens is 368 g/mol. The van der Waals surface area contributed by atoms with Crippen LogP contribution in [0.5, 0.6) is 0 Å². The normalized spacial score (nSPS) is 11.0. The Morgan fingerprint density at radius 2 is 2.10 bits per heavy atom. The lowest BCUT2D eigenvalue weighted by atomic mass is 10.1. The average Bonchev–Trinajstić information content (AvgIpc) is 3.34. The molecule has 0 bridgehead atoms. The van der Waals surface area contributed by atoms with Gasteiger partial charge in [0.25, 0.3) is 5.91 Å². The SMILES string of the molecule is Cc1nn(C)c2nc(-c3ccco3)cc(C(=O)NCc3ccnc(N(C)C)c3)c12. The number of amides is 1. The quantitative estimate of drug-likeness (QED) is 0.564. The van der Waals surface area contributed by atoms with Gasteiger partial charge in [0.2, 0.25) is 0 Å². The highest BCUT2D eigenvalue weighted by molar-refractivity contribution is 6.07. The summed E-state index contributed by atoms with van der Waals surface area (Å²) in [6.07, 6.45) is 3.32. The molecule has 4 aromatic heterocycles. The second kappa shape index (κ2) is 7.38. The minimum Gasteiger partial charge on any atom is -0.463 e. The molecule has 0 spiro atoms. The lowest BCUT2D eigenvalue weighted by molar-refractivity contribution is 0.0952. The molecule has 8 heteroatoms. The van der Waals surface area contributed by atoms with Crippen LogP contribution in [0.4, 0.5) is 5.82 Å². The van der Waals surface area contributed by atoms with E-state index in [4.69, 9.17) is 4.42 Å². The first kappa shape index (κ1) is 18.7. The number of carbonyl (C=O) groups excluding carboxylic acids is 1. The minimum atomic E-state index is -0.190. The summed E-state index contributed by atoms with van der Waals surface area (Å²) in [5.74, 6) is 1.25. The number of pyridine rings is 2. The van der Waals surface area contributed by atoms with Crippen molar-refractivity contribution in [2.45, 2.75) is 13.5 Å². The minimum absolute atomic E-state index is 0.190. The fourth-order valence-corrected chi connectivity index (χ4v) is 3.27. The number of hydrogen-bond donors (Lipinski definition) is 1. The molecule has 0 aliphatic rings. The van der Waals surface area contributed by atoms with Crippen molar-refractivity contribution in [2.24, 2.45) is 7.05 Å². The molecule has 4 heterocycles. The summed E-state index contributed by atoms with van der Waals surface area (Å²) in [5, 5.41) is 8.18. The maximum absolute atomic E-state index is 13.1. The van der Waals surface area contributed by atoms with Crippen LogP contribution < -0.4 is 10.2 Å². The van der Waals surface area contributed by atoms with Crippen molar-refractivity contribution in [3.63, 3.8) is 0 Å². The molecule has 0 aromatic carbocycles. The van der Waals surface area contributed by atoms with Gasteiger partial charge in [0.05, 0.1) is 22.9 Å². The third kappa shape index (κ3) is 3.56. The molecule has 4 rings (SSSR count). The van der Waals surface area contributed by atoms with Gasteiger partial charge in [-0.3, -0.25) is 9.48 Å². The zero-order valence-electron chi connectivity index (χ0n) is 16.8. The fourth-order valence-electron chi connectivity index (χ4n) is 3.27. The second-order valence-electron chi connectivity index (χ2n) is 7.04. The van der Waals surface area contributed by atoms with Crippen molar-refractivity contribution in [3.8, 4) is 11.5 Å². The van der Waals surface area contributed by atoms with Crippen LogP contribution in [0.2, 0.25) is 0 Å². The standard InChI is InChI=1S/C21H22N6O2/c1-13-19-15(21(28)23-12-14-7-8-22-18(10-14)26(2)3)11-16(17-6-5-9-29-17)24-20(19)27(4)25-13/h5-11H,12H2,1-4H3,(H,23,28). The molecule has 29 heavy (non-hydrogen) atoms. The average molecular weight is 390 g/mol. The predicted octanol–water partition coefficient (Wildman–Crippen LogP) is 2.93. The van der Waals surface area contributed by atoms with Crippen LogP contribution in [0.1, 0.15) is 21.6 Å². The highest BCUT2D eigenvalue weighted by atomic mass is 16.3. The van der Waals surface area contributed by atoms with Crippen LogP contribution in [-0.4, -0.2) is 39.8 Å². The smallest absolute Gasteiger partial charge is 0.252 e. The Balaban J connectivity index is 1.69. The fraction of sp³-hybridized carbons (Fsp3) is 0.238. The van der Waals surface area contributed by atoms with Gasteiger partial charge in [-0.25, -0.2) is 9.97 Å². The van der Waals surface area contributed by atoms with E-state index in [2.05, 4.69) is 20.4 Å². The third-order valence-electron chi connectivity index (χ3n) is 4.71. The number of nitrogens with one attached hydrogen (secondary N) is 1. The number of anilines is 1. The predicted molar refractivity (Wildman–Crippen MR) is 111 cm³/mol. The lowest BCUT2D eigenvalue weighted by Crippen LogP contribution is -2.23. The highest BCUT2D eigenvalue weighted by Crippen LogP contribution is 2.27. The molecule has 0 atom stereocenters. The number of aryl methyl sites for hydroxylation is 2. The van der Waals surface area contributed by atoms with Crippen molar-refractivity contribution in [3.05, 3.63) is 59.6 Å². The molecule has 1 amide bonds. The van der Waals surface area contributed by atoms with Crippen LogP contribution in [0, 0.1) is 6.92 Å². The summed E-state index contributed by atoms with van der Waals surface area (Å²) in [5.41, 5.74) is 3.48. The molecule has 0 radical (unpaired) electrons. The van der Waals surface area contributed by atoms with E-state index in [1.54, 1.807) is 29.3 Å². The van der Waals surface area contributed by atoms with Crippen molar-refractivity contribution < 1.29 is 9.21 Å². The summed E-state index contributed by atoms with van der Waals surface area (Å²) in [6, 6.07) is 9.20. The molecule has 8 nitrogen and oxygen atoms in total. The maximum Gasteiger partial charge on any atom is 0.252 e. The zero-order chi connectivity index (χ0) is 20.5. The van der Waals surface area contributed by atoms with Gasteiger partial charge >= 0.3 is 0 Å².